The number of benzene rings is 1. The summed E-state index contributed by atoms with van der Waals surface area (Å²) in [5.41, 5.74) is 3.40. The topological polar surface area (TPSA) is 123 Å². The summed E-state index contributed by atoms with van der Waals surface area (Å²) in [6, 6.07) is 7.43. The lowest BCUT2D eigenvalue weighted by Gasteiger charge is -2.41. The second-order valence-electron chi connectivity index (χ2n) is 10.3. The Kier molecular flexibility index (Phi) is 9.09. The number of rotatable bonds is 12. The number of sulfonamides is 1. The van der Waals surface area contributed by atoms with Gasteiger partial charge in [0.1, 0.15) is 11.0 Å². The van der Waals surface area contributed by atoms with Gasteiger partial charge in [-0.15, -0.1) is 0 Å². The number of hydrogen-bond acceptors (Lipinski definition) is 8. The van der Waals surface area contributed by atoms with Crippen LogP contribution in [0, 0.1) is 13.8 Å². The molecular weight excluding hydrogens is 530 g/mol. The fraction of sp³-hybridized carbons (Fsp3) is 0.500. The summed E-state index contributed by atoms with van der Waals surface area (Å²) in [6.45, 7) is 12.8. The maximum Gasteiger partial charge on any atom is 0.267 e. The highest BCUT2D eigenvalue weighted by molar-refractivity contribution is 7.92. The van der Waals surface area contributed by atoms with E-state index in [9.17, 15) is 13.2 Å². The predicted octanol–water partition coefficient (Wildman–Crippen LogP) is 3.39. The van der Waals surface area contributed by atoms with Crippen LogP contribution in [0.25, 0.3) is 11.3 Å². The van der Waals surface area contributed by atoms with Gasteiger partial charge in [0.25, 0.3) is 10.0 Å². The van der Waals surface area contributed by atoms with E-state index in [4.69, 9.17) is 4.74 Å². The fourth-order valence-corrected chi connectivity index (χ4v) is 5.88. The highest BCUT2D eigenvalue weighted by Crippen LogP contribution is 2.30. The predicted molar refractivity (Wildman–Crippen MR) is 154 cm³/mol. The Morgan fingerprint density at radius 2 is 1.80 bits per heavy atom. The Balaban J connectivity index is 1.55. The van der Waals surface area contributed by atoms with Crippen LogP contribution in [0.5, 0.6) is 5.88 Å². The van der Waals surface area contributed by atoms with Gasteiger partial charge in [0, 0.05) is 24.9 Å². The monoisotopic (exact) mass is 569 g/mol. The van der Waals surface area contributed by atoms with Gasteiger partial charge in [0.2, 0.25) is 17.7 Å². The van der Waals surface area contributed by atoms with Crippen LogP contribution < -0.4 is 9.46 Å². The van der Waals surface area contributed by atoms with Gasteiger partial charge in [-0.3, -0.25) is 14.4 Å². The minimum Gasteiger partial charge on any atom is -0.470 e. The third kappa shape index (κ3) is 6.61. The van der Waals surface area contributed by atoms with Gasteiger partial charge in [-0.25, -0.2) is 18.1 Å². The first-order chi connectivity index (χ1) is 19.0. The number of ether oxygens (including phenoxy) is 1. The largest absolute Gasteiger partial charge is 0.470 e. The van der Waals surface area contributed by atoms with Crippen LogP contribution in [0.4, 0.5) is 5.95 Å². The van der Waals surface area contributed by atoms with Crippen molar-refractivity contribution in [1.29, 1.82) is 0 Å². The molecule has 11 nitrogen and oxygen atoms in total. The maximum absolute atomic E-state index is 13.1. The zero-order chi connectivity index (χ0) is 29.0. The van der Waals surface area contributed by atoms with Crippen molar-refractivity contribution >= 4 is 21.9 Å². The van der Waals surface area contributed by atoms with Crippen LogP contribution >= 0.6 is 0 Å². The van der Waals surface area contributed by atoms with E-state index in [0.29, 0.717) is 18.8 Å². The number of aryl methyl sites for hydroxylation is 3. The van der Waals surface area contributed by atoms with Crippen LogP contribution in [0.1, 0.15) is 44.7 Å². The molecule has 2 aromatic heterocycles. The summed E-state index contributed by atoms with van der Waals surface area (Å²) in [5.74, 6) is 0.223. The van der Waals surface area contributed by atoms with Crippen LogP contribution in [0.2, 0.25) is 0 Å². The zero-order valence-electron chi connectivity index (χ0n) is 24.1. The molecule has 1 N–H and O–H groups in total. The molecule has 0 unspecified atom stereocenters. The van der Waals surface area contributed by atoms with Crippen molar-refractivity contribution in [3.8, 4) is 17.1 Å². The molecule has 1 aliphatic rings. The quantitative estimate of drug-likeness (QED) is 0.352. The van der Waals surface area contributed by atoms with E-state index in [1.165, 1.54) is 17.1 Å². The van der Waals surface area contributed by atoms with E-state index in [0.717, 1.165) is 42.6 Å². The molecule has 0 aliphatic carbocycles. The van der Waals surface area contributed by atoms with Crippen LogP contribution in [-0.4, -0.2) is 82.2 Å². The van der Waals surface area contributed by atoms with Crippen LogP contribution in [0.3, 0.4) is 0 Å². The Hall–Kier alpha value is -3.51. The van der Waals surface area contributed by atoms with Gasteiger partial charge in [0.05, 0.1) is 31.0 Å². The molecule has 1 aliphatic heterocycles. The molecule has 40 heavy (non-hydrogen) atoms. The molecule has 216 valence electrons. The zero-order valence-corrected chi connectivity index (χ0v) is 24.9. The first kappa shape index (κ1) is 29.5. The number of nitrogens with one attached hydrogen (secondary N) is 1. The summed E-state index contributed by atoms with van der Waals surface area (Å²) >= 11 is 0. The fourth-order valence-electron chi connectivity index (χ4n) is 4.95. The molecule has 1 saturated heterocycles. The second-order valence-corrected chi connectivity index (χ2v) is 12.0. The minimum atomic E-state index is -3.97. The van der Waals surface area contributed by atoms with E-state index >= 15 is 0 Å². The minimum absolute atomic E-state index is 0.000926. The van der Waals surface area contributed by atoms with Gasteiger partial charge < -0.3 is 9.64 Å². The SMILES string of the molecule is CCCN(CCC)[C@@H](C)C(=O)N1CC(Oc2cc(-c3c(C)cccc3C)nc(NS(=O)(=O)c3cnn(C)c3)n2)C1. The lowest BCUT2D eigenvalue weighted by Crippen LogP contribution is -2.60. The van der Waals surface area contributed by atoms with E-state index in [2.05, 4.69) is 38.5 Å². The summed E-state index contributed by atoms with van der Waals surface area (Å²) in [4.78, 5) is 26.0. The molecule has 1 aromatic carbocycles. The summed E-state index contributed by atoms with van der Waals surface area (Å²) in [5, 5.41) is 3.95. The molecule has 12 heteroatoms. The van der Waals surface area contributed by atoms with Crippen LogP contribution in [-0.2, 0) is 21.9 Å². The molecule has 0 saturated carbocycles. The first-order valence-electron chi connectivity index (χ1n) is 13.7. The number of carbonyl (C=O) groups excluding carboxylic acids is 1. The lowest BCUT2D eigenvalue weighted by atomic mass is 10.00. The lowest BCUT2D eigenvalue weighted by molar-refractivity contribution is -0.145. The number of nitrogens with zero attached hydrogens (tertiary/aromatic N) is 6. The molecule has 3 heterocycles. The highest BCUT2D eigenvalue weighted by Gasteiger charge is 2.36. The molecule has 3 aromatic rings. The molecule has 0 radical (unpaired) electrons. The van der Waals surface area contributed by atoms with Gasteiger partial charge >= 0.3 is 0 Å². The standard InChI is InChI=1S/C28H39N7O4S/c1-7-12-34(13-8-2)21(5)27(36)35-16-22(17-35)39-25-14-24(26-19(3)10-9-11-20(26)4)30-28(31-25)32-40(37,38)23-15-29-33(6)18-23/h9-11,14-15,18,21-22H,7-8,12-13,16-17H2,1-6H3,(H,30,31,32)/t21-/m0/s1. The molecule has 1 atom stereocenters. The van der Waals surface area contributed by atoms with Crippen molar-refractivity contribution in [3.05, 3.63) is 47.8 Å². The van der Waals surface area contributed by atoms with E-state index in [1.54, 1.807) is 18.0 Å². The van der Waals surface area contributed by atoms with Crippen molar-refractivity contribution in [2.75, 3.05) is 30.9 Å². The van der Waals surface area contributed by atoms with Gasteiger partial charge in [-0.1, -0.05) is 32.0 Å². The summed E-state index contributed by atoms with van der Waals surface area (Å²) in [7, 11) is -2.33. The Bertz CT molecular complexity index is 1420. The van der Waals surface area contributed by atoms with E-state index in [-0.39, 0.29) is 34.8 Å². The summed E-state index contributed by atoms with van der Waals surface area (Å²) in [6.07, 6.45) is 4.39. The molecule has 0 spiro atoms. The van der Waals surface area contributed by atoms with Crippen molar-refractivity contribution in [2.24, 2.45) is 7.05 Å². The average Bonchev–Trinajstić information content (AvgIpc) is 3.32. The van der Waals surface area contributed by atoms with E-state index in [1.807, 2.05) is 39.0 Å². The summed E-state index contributed by atoms with van der Waals surface area (Å²) < 4.78 is 36.0. The first-order valence-corrected chi connectivity index (χ1v) is 15.2. The third-order valence-corrected chi connectivity index (χ3v) is 8.31. The smallest absolute Gasteiger partial charge is 0.267 e. The Morgan fingerprint density at radius 1 is 1.15 bits per heavy atom. The van der Waals surface area contributed by atoms with Gasteiger partial charge in [-0.2, -0.15) is 10.1 Å². The molecule has 0 bridgehead atoms. The van der Waals surface area contributed by atoms with Gasteiger partial charge in [0.15, 0.2) is 0 Å². The van der Waals surface area contributed by atoms with E-state index < -0.39 is 10.0 Å². The van der Waals surface area contributed by atoms with Crippen molar-refractivity contribution in [3.63, 3.8) is 0 Å². The molecule has 4 rings (SSSR count). The van der Waals surface area contributed by atoms with Crippen molar-refractivity contribution < 1.29 is 17.9 Å². The Labute approximate surface area is 236 Å². The number of carbonyl (C=O) groups is 1. The maximum atomic E-state index is 13.1. The van der Waals surface area contributed by atoms with Gasteiger partial charge in [-0.05, 0) is 57.8 Å². The average molecular weight is 570 g/mol. The third-order valence-electron chi connectivity index (χ3n) is 7.03. The number of anilines is 1. The van der Waals surface area contributed by atoms with Crippen molar-refractivity contribution in [2.45, 2.75) is 64.5 Å². The normalized spacial score (nSPS) is 14.7. The number of amides is 1. The number of hydrogen-bond donors (Lipinski definition) is 1. The van der Waals surface area contributed by atoms with Crippen LogP contribution in [0.15, 0.2) is 41.6 Å². The highest BCUT2D eigenvalue weighted by atomic mass is 32.2. The Morgan fingerprint density at radius 3 is 2.38 bits per heavy atom. The molecular formula is C28H39N7O4S. The second kappa shape index (κ2) is 12.3. The molecule has 1 fully saturated rings. The number of likely N-dealkylation sites (tertiary alicyclic amines) is 1. The van der Waals surface area contributed by atoms with Crippen molar-refractivity contribution in [1.82, 2.24) is 29.5 Å². The number of aromatic nitrogens is 4. The molecule has 1 amide bonds.